The van der Waals surface area contributed by atoms with Gasteiger partial charge in [-0.15, -0.1) is 22.7 Å². The molecule has 0 bridgehead atoms. The Balaban J connectivity index is 0.000000121. The standard InChI is InChI=1S/C45H28N4S.C24H16BNO2S.C21H14BrN3/c1-3-14-29(15-4-1)43-46-44(30-16-5-2-6-17-30)48-45(47-43)32-19-13-18-31(26-32)37-27-33(28-38-36-22-9-12-25-41(36)50-42(37)38)49-39-23-10-7-20-34(39)35-21-8-11-24-40(35)49;27-25(28)20-14-15(13-19-18-9-3-6-12-23(18)29-24(19)20)26-21-10-4-1-7-16(21)17-8-2-5-11-22(17)26;22-18-13-7-12-17(14-18)21-24-19(15-8-3-1-4-9-15)23-20(25-21)16-10-5-2-6-11-16/h1-28H;1-14,27-28H;1-14H. The van der Waals surface area contributed by atoms with E-state index in [9.17, 15) is 10.0 Å². The molecule has 0 radical (unpaired) electrons. The van der Waals surface area contributed by atoms with Gasteiger partial charge in [0.05, 0.1) is 22.1 Å². The van der Waals surface area contributed by atoms with Gasteiger partial charge in [-0.2, -0.15) is 0 Å². The number of rotatable bonds is 10. The molecule has 14 heteroatoms. The molecule has 10 nitrogen and oxygen atoms in total. The van der Waals surface area contributed by atoms with Gasteiger partial charge in [-0.05, 0) is 84.4 Å². The van der Waals surface area contributed by atoms with Gasteiger partial charge >= 0.3 is 7.12 Å². The number of benzene rings is 14. The van der Waals surface area contributed by atoms with Gasteiger partial charge in [-0.3, -0.25) is 0 Å². The van der Waals surface area contributed by atoms with Crippen molar-refractivity contribution in [1.82, 2.24) is 39.0 Å². The van der Waals surface area contributed by atoms with Gasteiger partial charge in [0.25, 0.3) is 0 Å². The van der Waals surface area contributed by atoms with Crippen molar-refractivity contribution in [3.8, 4) is 90.8 Å². The molecule has 0 spiro atoms. The van der Waals surface area contributed by atoms with Crippen LogP contribution in [0, 0.1) is 0 Å². The monoisotopic (exact) mass is 1440 g/mol. The predicted octanol–water partition coefficient (Wildman–Crippen LogP) is 22.5. The van der Waals surface area contributed by atoms with E-state index in [-0.39, 0.29) is 0 Å². The van der Waals surface area contributed by atoms with Crippen molar-refractivity contribution in [3.05, 3.63) is 344 Å². The van der Waals surface area contributed by atoms with E-state index in [1.807, 2.05) is 187 Å². The van der Waals surface area contributed by atoms with E-state index in [1.165, 1.54) is 58.3 Å². The zero-order valence-electron chi connectivity index (χ0n) is 55.6. The molecule has 0 saturated heterocycles. The first kappa shape index (κ1) is 63.8. The average molecular weight is 1440 g/mol. The van der Waals surface area contributed by atoms with E-state index in [2.05, 4.69) is 194 Å². The van der Waals surface area contributed by atoms with Crippen LogP contribution in [0.5, 0.6) is 0 Å². The molecule has 0 aliphatic carbocycles. The summed E-state index contributed by atoms with van der Waals surface area (Å²) in [5, 5.41) is 29.9. The van der Waals surface area contributed by atoms with Crippen molar-refractivity contribution < 1.29 is 10.0 Å². The van der Waals surface area contributed by atoms with E-state index >= 15 is 0 Å². The van der Waals surface area contributed by atoms with Crippen molar-refractivity contribution in [2.24, 2.45) is 0 Å². The third-order valence-electron chi connectivity index (χ3n) is 18.8. The van der Waals surface area contributed by atoms with Crippen LogP contribution in [0.1, 0.15) is 0 Å². The molecular weight excluding hydrogens is 1380 g/mol. The minimum Gasteiger partial charge on any atom is -0.423 e. The van der Waals surface area contributed by atoms with Gasteiger partial charge < -0.3 is 19.2 Å². The highest BCUT2D eigenvalue weighted by Crippen LogP contribution is 2.45. The zero-order chi connectivity index (χ0) is 69.6. The zero-order valence-corrected chi connectivity index (χ0v) is 58.8. The Labute approximate surface area is 614 Å². The first-order chi connectivity index (χ1) is 51.3. The van der Waals surface area contributed by atoms with Gasteiger partial charge in [-0.25, -0.2) is 29.9 Å². The second-order valence-corrected chi connectivity index (χ2v) is 28.3. The Morgan fingerprint density at radius 3 is 0.971 bits per heavy atom. The normalized spacial score (nSPS) is 11.4. The summed E-state index contributed by atoms with van der Waals surface area (Å²) in [5.74, 6) is 3.95. The number of nitrogens with zero attached hydrogens (tertiary/aromatic N) is 8. The average Bonchev–Trinajstić information content (AvgIpc) is 1.56. The lowest BCUT2D eigenvalue weighted by molar-refractivity contribution is 0.426. The summed E-state index contributed by atoms with van der Waals surface area (Å²) >= 11 is 6.96. The van der Waals surface area contributed by atoms with Gasteiger partial charge in [0, 0.05) is 122 Å². The van der Waals surface area contributed by atoms with Crippen molar-refractivity contribution in [2.75, 3.05) is 0 Å². The highest BCUT2D eigenvalue weighted by atomic mass is 79.9. The van der Waals surface area contributed by atoms with E-state index in [0.29, 0.717) is 40.4 Å². The lowest BCUT2D eigenvalue weighted by Crippen LogP contribution is -2.30. The Morgan fingerprint density at radius 2 is 0.567 bits per heavy atom. The summed E-state index contributed by atoms with van der Waals surface area (Å²) in [4.78, 5) is 29.1. The molecule has 0 aliphatic heterocycles. The molecule has 6 aromatic heterocycles. The molecule has 0 fully saturated rings. The molecule has 0 atom stereocenters. The number of thiophene rings is 2. The molecule has 20 rings (SSSR count). The van der Waals surface area contributed by atoms with Crippen LogP contribution in [0.3, 0.4) is 0 Å². The highest BCUT2D eigenvalue weighted by Gasteiger charge is 2.24. The van der Waals surface area contributed by atoms with E-state index in [1.54, 1.807) is 11.3 Å². The summed E-state index contributed by atoms with van der Waals surface area (Å²) in [7, 11) is -1.53. The maximum absolute atomic E-state index is 10.1. The Kier molecular flexibility index (Phi) is 16.9. The molecule has 492 valence electrons. The highest BCUT2D eigenvalue weighted by molar-refractivity contribution is 9.10. The fourth-order valence-corrected chi connectivity index (χ4v) is 16.9. The smallest absolute Gasteiger partial charge is 0.423 e. The van der Waals surface area contributed by atoms with Crippen molar-refractivity contribution >= 4 is 135 Å². The number of halogens is 1. The van der Waals surface area contributed by atoms with Crippen LogP contribution in [-0.4, -0.2) is 56.2 Å². The summed E-state index contributed by atoms with van der Waals surface area (Å²) in [6, 6.07) is 117. The van der Waals surface area contributed by atoms with Crippen LogP contribution in [0.4, 0.5) is 0 Å². The quantitative estimate of drug-likeness (QED) is 0.130. The molecule has 0 amide bonds. The number of aromatic nitrogens is 8. The van der Waals surface area contributed by atoms with Crippen molar-refractivity contribution in [1.29, 1.82) is 0 Å². The van der Waals surface area contributed by atoms with Crippen LogP contribution >= 0.6 is 38.6 Å². The summed E-state index contributed by atoms with van der Waals surface area (Å²) in [6.07, 6.45) is 0. The van der Waals surface area contributed by atoms with Gasteiger partial charge in [0.1, 0.15) is 0 Å². The molecule has 6 heterocycles. The van der Waals surface area contributed by atoms with E-state index in [4.69, 9.17) is 24.9 Å². The summed E-state index contributed by atoms with van der Waals surface area (Å²) in [6.45, 7) is 0. The first-order valence-electron chi connectivity index (χ1n) is 34.1. The van der Waals surface area contributed by atoms with Gasteiger partial charge in [-0.1, -0.05) is 277 Å². The van der Waals surface area contributed by atoms with Crippen LogP contribution in [-0.2, 0) is 0 Å². The van der Waals surface area contributed by atoms with Crippen LogP contribution < -0.4 is 5.46 Å². The fourth-order valence-electron chi connectivity index (χ4n) is 14.0. The lowest BCUT2D eigenvalue weighted by Gasteiger charge is -2.13. The first-order valence-corrected chi connectivity index (χ1v) is 36.6. The fraction of sp³-hybridized carbons (Fsp3) is 0. The minimum absolute atomic E-state index is 0.542. The molecule has 0 aliphatic rings. The van der Waals surface area contributed by atoms with Crippen molar-refractivity contribution in [2.45, 2.75) is 0 Å². The molecule has 104 heavy (non-hydrogen) atoms. The van der Waals surface area contributed by atoms with Crippen molar-refractivity contribution in [3.63, 3.8) is 0 Å². The van der Waals surface area contributed by atoms with Crippen LogP contribution in [0.25, 0.3) is 175 Å². The topological polar surface area (TPSA) is 128 Å². The Morgan fingerprint density at radius 1 is 0.260 bits per heavy atom. The molecule has 0 saturated carbocycles. The maximum Gasteiger partial charge on any atom is 0.489 e. The minimum atomic E-state index is -1.53. The Hall–Kier alpha value is -12.4. The van der Waals surface area contributed by atoms with E-state index < -0.39 is 7.12 Å². The molecule has 0 unspecified atom stereocenters. The summed E-state index contributed by atoms with van der Waals surface area (Å²) in [5.41, 5.74) is 15.2. The summed E-state index contributed by atoms with van der Waals surface area (Å²) < 4.78 is 10.2. The number of para-hydroxylation sites is 4. The Bertz CT molecular complexity index is 6400. The van der Waals surface area contributed by atoms with Gasteiger partial charge in [0.2, 0.25) is 0 Å². The third-order valence-corrected chi connectivity index (χ3v) is 21.8. The number of hydrogen-bond donors (Lipinski definition) is 2. The van der Waals surface area contributed by atoms with Crippen LogP contribution in [0.2, 0.25) is 0 Å². The molecule has 2 N–H and O–H groups in total. The second kappa shape index (κ2) is 27.5. The third kappa shape index (κ3) is 12.1. The largest absolute Gasteiger partial charge is 0.489 e. The molecular formula is C90H58BBrN8O2S2. The predicted molar refractivity (Wildman–Crippen MR) is 436 cm³/mol. The molecule has 20 aromatic rings. The molecule has 14 aromatic carbocycles. The lowest BCUT2D eigenvalue weighted by atomic mass is 9.79. The van der Waals surface area contributed by atoms with Gasteiger partial charge in [0.15, 0.2) is 34.9 Å². The SMILES string of the molecule is Brc1cccc(-c2nc(-c3ccccc3)nc(-c3ccccc3)n2)c1.OB(O)c1cc(-n2c3ccccc3c3ccccc32)cc2c1sc1ccccc12.c1ccc(-c2nc(-c3ccccc3)nc(-c3cccc(-c4cc(-n5c6ccccc6c6ccccc65)cc5c4sc4ccccc45)c3)n2)cc1. The second-order valence-electron chi connectivity index (χ2n) is 25.3. The maximum atomic E-state index is 10.1. The number of hydrogen-bond acceptors (Lipinski definition) is 10. The van der Waals surface area contributed by atoms with Crippen LogP contribution in [0.15, 0.2) is 344 Å². The number of fused-ring (bicyclic) bond motifs is 12. The van der Waals surface area contributed by atoms with E-state index in [0.717, 1.165) is 86.0 Å².